The zero-order chi connectivity index (χ0) is 22.2. The molecule has 10 heteroatoms. The van der Waals surface area contributed by atoms with Crippen LogP contribution in [-0.4, -0.2) is 44.4 Å². The molecule has 2 aliphatic rings. The number of hydrogen-bond donors (Lipinski definition) is 2. The van der Waals surface area contributed by atoms with Crippen LogP contribution in [0.3, 0.4) is 0 Å². The van der Waals surface area contributed by atoms with E-state index in [9.17, 15) is 9.59 Å². The topological polar surface area (TPSA) is 112 Å². The van der Waals surface area contributed by atoms with Crippen LogP contribution < -0.4 is 10.6 Å². The lowest BCUT2D eigenvalue weighted by atomic mass is 10.1. The number of carbonyl (C=O) groups is 2. The zero-order valence-corrected chi connectivity index (χ0v) is 18.4. The van der Waals surface area contributed by atoms with Gasteiger partial charge in [-0.1, -0.05) is 25.7 Å². The first kappa shape index (κ1) is 22.2. The van der Waals surface area contributed by atoms with Crippen LogP contribution in [0.1, 0.15) is 75.2 Å². The molecule has 2 amide bonds. The highest BCUT2D eigenvalue weighted by Gasteiger charge is 2.27. The molecule has 0 aromatic carbocycles. The minimum atomic E-state index is -0.369. The van der Waals surface area contributed by atoms with E-state index < -0.39 is 0 Å². The number of nitrogens with zero attached hydrogens (tertiary/aromatic N) is 4. The molecule has 0 fully saturated rings. The van der Waals surface area contributed by atoms with E-state index in [1.807, 2.05) is 21.5 Å². The Morgan fingerprint density at radius 3 is 1.69 bits per heavy atom. The van der Waals surface area contributed by atoms with Crippen LogP contribution >= 0.6 is 0 Å². The lowest BCUT2D eigenvalue weighted by molar-refractivity contribution is 0.0953. The van der Waals surface area contributed by atoms with Crippen molar-refractivity contribution in [2.75, 3.05) is 13.1 Å². The molecule has 0 saturated heterocycles. The summed E-state index contributed by atoms with van der Waals surface area (Å²) in [6.07, 6.45) is 13.8. The number of carbonyl (C=O) groups excluding carboxylic acids is 2. The molecule has 10 nitrogen and oxygen atoms in total. The third kappa shape index (κ3) is 5.80. The smallest absolute Gasteiger partial charge is 0.407 e. The molecule has 4 rings (SSSR count). The SMILES string of the molecule is O=C(NCCCCCCCCNC(=O)OC1CCn2ccnc21)OC1CCn2ccnc21. The Balaban J connectivity index is 0.951. The number of ether oxygens (including phenoxy) is 2. The van der Waals surface area contributed by atoms with E-state index in [-0.39, 0.29) is 24.4 Å². The van der Waals surface area contributed by atoms with E-state index in [1.165, 1.54) is 0 Å². The summed E-state index contributed by atoms with van der Waals surface area (Å²) in [5.41, 5.74) is 0. The van der Waals surface area contributed by atoms with Crippen LogP contribution in [-0.2, 0) is 22.6 Å². The highest BCUT2D eigenvalue weighted by molar-refractivity contribution is 5.67. The molecule has 2 N–H and O–H groups in total. The van der Waals surface area contributed by atoms with Gasteiger partial charge in [0.15, 0.2) is 12.2 Å². The molecule has 32 heavy (non-hydrogen) atoms. The predicted octanol–water partition coefficient (Wildman–Crippen LogP) is 3.46. The van der Waals surface area contributed by atoms with Crippen LogP contribution in [0.5, 0.6) is 0 Å². The fourth-order valence-electron chi connectivity index (χ4n) is 4.27. The van der Waals surface area contributed by atoms with Crippen LogP contribution in [0.2, 0.25) is 0 Å². The van der Waals surface area contributed by atoms with Gasteiger partial charge in [0.25, 0.3) is 0 Å². The van der Waals surface area contributed by atoms with E-state index >= 15 is 0 Å². The van der Waals surface area contributed by atoms with Gasteiger partial charge in [0.05, 0.1) is 0 Å². The van der Waals surface area contributed by atoms with E-state index in [0.29, 0.717) is 13.1 Å². The van der Waals surface area contributed by atoms with Gasteiger partial charge in [0, 0.05) is 63.8 Å². The maximum Gasteiger partial charge on any atom is 0.407 e. The summed E-state index contributed by atoms with van der Waals surface area (Å²) >= 11 is 0. The lowest BCUT2D eigenvalue weighted by Crippen LogP contribution is -2.26. The van der Waals surface area contributed by atoms with Crippen LogP contribution in [0.25, 0.3) is 0 Å². The largest absolute Gasteiger partial charge is 0.438 e. The van der Waals surface area contributed by atoms with Crippen molar-refractivity contribution in [3.63, 3.8) is 0 Å². The summed E-state index contributed by atoms with van der Waals surface area (Å²) in [5.74, 6) is 1.65. The Morgan fingerprint density at radius 1 is 0.781 bits per heavy atom. The predicted molar refractivity (Wildman–Crippen MR) is 116 cm³/mol. The summed E-state index contributed by atoms with van der Waals surface area (Å²) in [7, 11) is 0. The summed E-state index contributed by atoms with van der Waals surface area (Å²) in [6.45, 7) is 2.92. The van der Waals surface area contributed by atoms with E-state index in [1.54, 1.807) is 12.4 Å². The zero-order valence-electron chi connectivity index (χ0n) is 18.4. The molecule has 2 aromatic rings. The number of hydrogen-bond acceptors (Lipinski definition) is 6. The molecule has 0 saturated carbocycles. The molecular weight excluding hydrogens is 412 g/mol. The first-order valence-corrected chi connectivity index (χ1v) is 11.6. The Bertz CT molecular complexity index is 822. The van der Waals surface area contributed by atoms with Crippen LogP contribution in [0.4, 0.5) is 9.59 Å². The highest BCUT2D eigenvalue weighted by atomic mass is 16.6. The van der Waals surface area contributed by atoms with Crippen molar-refractivity contribution >= 4 is 12.2 Å². The summed E-state index contributed by atoms with van der Waals surface area (Å²) < 4.78 is 15.0. The number of aryl methyl sites for hydroxylation is 2. The van der Waals surface area contributed by atoms with Crippen molar-refractivity contribution in [2.45, 2.75) is 76.7 Å². The van der Waals surface area contributed by atoms with Gasteiger partial charge in [-0.3, -0.25) is 0 Å². The Morgan fingerprint density at radius 2 is 1.22 bits per heavy atom. The molecule has 2 unspecified atom stereocenters. The van der Waals surface area contributed by atoms with Gasteiger partial charge in [0.2, 0.25) is 0 Å². The Kier molecular flexibility index (Phi) is 7.63. The standard InChI is InChI=1S/C22H32N6O4/c29-21(31-17-7-13-27-15-11-23-19(17)27)25-9-5-3-1-2-4-6-10-26-22(30)32-18-8-14-28-16-12-24-20(18)28/h11-12,15-18H,1-10,13-14H2,(H,25,29)(H,26,30). The third-order valence-electron chi connectivity index (χ3n) is 5.98. The average molecular weight is 445 g/mol. The van der Waals surface area contributed by atoms with Crippen molar-refractivity contribution in [3.8, 4) is 0 Å². The third-order valence-corrected chi connectivity index (χ3v) is 5.98. The first-order chi connectivity index (χ1) is 15.7. The summed E-state index contributed by atoms with van der Waals surface area (Å²) in [5, 5.41) is 5.65. The van der Waals surface area contributed by atoms with Gasteiger partial charge in [-0.25, -0.2) is 19.6 Å². The highest BCUT2D eigenvalue weighted by Crippen LogP contribution is 2.28. The molecule has 2 aliphatic heterocycles. The number of nitrogens with one attached hydrogen (secondary N) is 2. The van der Waals surface area contributed by atoms with Crippen molar-refractivity contribution < 1.29 is 19.1 Å². The normalized spacial score (nSPS) is 18.8. The lowest BCUT2D eigenvalue weighted by Gasteiger charge is -2.12. The second-order valence-corrected chi connectivity index (χ2v) is 8.30. The fourth-order valence-corrected chi connectivity index (χ4v) is 4.27. The minimum Gasteiger partial charge on any atom is -0.438 e. The summed E-state index contributed by atoms with van der Waals surface area (Å²) in [6, 6.07) is 0. The summed E-state index contributed by atoms with van der Waals surface area (Å²) in [4.78, 5) is 32.3. The number of imidazole rings is 2. The Labute approximate surface area is 187 Å². The second kappa shape index (κ2) is 11.0. The van der Waals surface area contributed by atoms with Crippen molar-refractivity contribution in [3.05, 3.63) is 36.4 Å². The number of amides is 2. The van der Waals surface area contributed by atoms with Crippen LogP contribution in [0, 0.1) is 0 Å². The molecule has 2 atom stereocenters. The van der Waals surface area contributed by atoms with Gasteiger partial charge in [-0.2, -0.15) is 0 Å². The minimum absolute atomic E-state index is 0.239. The van der Waals surface area contributed by atoms with Gasteiger partial charge in [-0.15, -0.1) is 0 Å². The van der Waals surface area contributed by atoms with Gasteiger partial charge in [-0.05, 0) is 12.8 Å². The molecule has 174 valence electrons. The number of unbranched alkanes of at least 4 members (excludes halogenated alkanes) is 5. The van der Waals surface area contributed by atoms with Gasteiger partial charge in [0.1, 0.15) is 11.6 Å². The van der Waals surface area contributed by atoms with Gasteiger partial charge >= 0.3 is 12.2 Å². The van der Waals surface area contributed by atoms with Gasteiger partial charge < -0.3 is 29.2 Å². The average Bonchev–Trinajstić information content (AvgIpc) is 3.54. The molecule has 2 aromatic heterocycles. The maximum absolute atomic E-state index is 11.9. The number of alkyl carbamates (subject to hydrolysis) is 2. The maximum atomic E-state index is 11.9. The van der Waals surface area contributed by atoms with Crippen molar-refractivity contribution in [1.29, 1.82) is 0 Å². The van der Waals surface area contributed by atoms with E-state index in [2.05, 4.69) is 20.6 Å². The quantitative estimate of drug-likeness (QED) is 0.513. The van der Waals surface area contributed by atoms with Crippen LogP contribution in [0.15, 0.2) is 24.8 Å². The fraction of sp³-hybridized carbons (Fsp3) is 0.636. The molecule has 0 aliphatic carbocycles. The monoisotopic (exact) mass is 444 g/mol. The van der Waals surface area contributed by atoms with E-state index in [0.717, 1.165) is 76.1 Å². The number of aromatic nitrogens is 4. The molecule has 0 spiro atoms. The molecule has 0 radical (unpaired) electrons. The van der Waals surface area contributed by atoms with Crippen molar-refractivity contribution in [2.24, 2.45) is 0 Å². The molecule has 0 bridgehead atoms. The Hall–Kier alpha value is -3.04. The first-order valence-electron chi connectivity index (χ1n) is 11.6. The number of rotatable bonds is 11. The number of fused-ring (bicyclic) bond motifs is 2. The van der Waals surface area contributed by atoms with Crippen molar-refractivity contribution in [1.82, 2.24) is 29.7 Å². The molecule has 4 heterocycles. The second-order valence-electron chi connectivity index (χ2n) is 8.30. The molecular formula is C22H32N6O4. The van der Waals surface area contributed by atoms with E-state index in [4.69, 9.17) is 9.47 Å².